The lowest BCUT2D eigenvalue weighted by Crippen LogP contribution is -2.49. The third kappa shape index (κ3) is 5.02. The Kier molecular flexibility index (Phi) is 7.01. The van der Waals surface area contributed by atoms with Crippen molar-refractivity contribution in [2.75, 3.05) is 49.1 Å². The zero-order valence-electron chi connectivity index (χ0n) is 17.6. The molecule has 2 heterocycles. The molecule has 2 aromatic rings. The van der Waals surface area contributed by atoms with E-state index in [2.05, 4.69) is 28.7 Å². The van der Waals surface area contributed by atoms with E-state index in [9.17, 15) is 9.18 Å². The van der Waals surface area contributed by atoms with Crippen LogP contribution in [0.4, 0.5) is 15.9 Å². The van der Waals surface area contributed by atoms with Crippen molar-refractivity contribution in [3.8, 4) is 0 Å². The van der Waals surface area contributed by atoms with E-state index in [4.69, 9.17) is 0 Å². The molecule has 1 aliphatic heterocycles. The van der Waals surface area contributed by atoms with Crippen LogP contribution >= 0.6 is 0 Å². The number of anilines is 2. The minimum absolute atomic E-state index is 0.0853. The second kappa shape index (κ2) is 9.67. The van der Waals surface area contributed by atoms with Gasteiger partial charge < -0.3 is 14.7 Å². The zero-order chi connectivity index (χ0) is 20.8. The highest BCUT2D eigenvalue weighted by molar-refractivity contribution is 5.93. The average molecular weight is 400 g/mol. The lowest BCUT2D eigenvalue weighted by atomic mass is 10.2. The monoisotopic (exact) mass is 399 g/mol. The van der Waals surface area contributed by atoms with Crippen molar-refractivity contribution in [2.45, 2.75) is 33.6 Å². The average Bonchev–Trinajstić information content (AvgIpc) is 2.73. The van der Waals surface area contributed by atoms with Crippen LogP contribution in [0.15, 0.2) is 30.3 Å². The molecule has 1 aliphatic rings. The molecule has 0 aliphatic carbocycles. The molecule has 3 rings (SSSR count). The minimum atomic E-state index is -0.227. The van der Waals surface area contributed by atoms with E-state index in [1.54, 1.807) is 17.0 Å². The number of carbonyl (C=O) groups is 1. The summed E-state index contributed by atoms with van der Waals surface area (Å²) in [4.78, 5) is 28.0. The first kappa shape index (κ1) is 21.0. The van der Waals surface area contributed by atoms with E-state index in [0.717, 1.165) is 31.7 Å². The van der Waals surface area contributed by atoms with Crippen LogP contribution in [0.1, 0.15) is 43.0 Å². The lowest BCUT2D eigenvalue weighted by molar-refractivity contribution is 0.0740. The molecule has 0 atom stereocenters. The summed E-state index contributed by atoms with van der Waals surface area (Å²) in [5.41, 5.74) is 1.03. The van der Waals surface area contributed by atoms with E-state index in [1.165, 1.54) is 6.07 Å². The SMILES string of the molecule is CCCN(CCC)c1cc(C(=O)N2CCN(c3ccccc3F)CC2)nc(C)n1. The number of benzene rings is 1. The third-order valence-corrected chi connectivity index (χ3v) is 5.11. The van der Waals surface area contributed by atoms with Gasteiger partial charge in [0.2, 0.25) is 0 Å². The number of aryl methyl sites for hydroxylation is 1. The molecule has 0 saturated carbocycles. The topological polar surface area (TPSA) is 52.6 Å². The van der Waals surface area contributed by atoms with Crippen molar-refractivity contribution in [3.05, 3.63) is 47.7 Å². The maximum absolute atomic E-state index is 14.0. The number of hydrogen-bond acceptors (Lipinski definition) is 5. The highest BCUT2D eigenvalue weighted by Gasteiger charge is 2.25. The molecule has 6 nitrogen and oxygen atoms in total. The van der Waals surface area contributed by atoms with Gasteiger partial charge in [0.05, 0.1) is 5.69 Å². The fraction of sp³-hybridized carbons (Fsp3) is 0.500. The van der Waals surface area contributed by atoms with E-state index >= 15 is 0 Å². The quantitative estimate of drug-likeness (QED) is 0.713. The molecule has 0 N–H and O–H groups in total. The molecule has 1 saturated heterocycles. The van der Waals surface area contributed by atoms with Crippen LogP contribution in [0.2, 0.25) is 0 Å². The summed E-state index contributed by atoms with van der Waals surface area (Å²) in [5.74, 6) is 1.11. The van der Waals surface area contributed by atoms with Crippen LogP contribution < -0.4 is 9.80 Å². The van der Waals surface area contributed by atoms with Gasteiger partial charge in [0, 0.05) is 45.3 Å². The molecular weight excluding hydrogens is 369 g/mol. The van der Waals surface area contributed by atoms with E-state index in [0.29, 0.717) is 43.4 Å². The number of aromatic nitrogens is 2. The van der Waals surface area contributed by atoms with E-state index < -0.39 is 0 Å². The predicted molar refractivity (Wildman–Crippen MR) is 114 cm³/mol. The molecule has 156 valence electrons. The number of halogens is 1. The van der Waals surface area contributed by atoms with Gasteiger partial charge in [-0.25, -0.2) is 14.4 Å². The Bertz CT molecular complexity index is 830. The minimum Gasteiger partial charge on any atom is -0.366 e. The molecule has 1 aromatic heterocycles. The number of hydrogen-bond donors (Lipinski definition) is 0. The zero-order valence-corrected chi connectivity index (χ0v) is 17.6. The first-order chi connectivity index (χ1) is 14.0. The summed E-state index contributed by atoms with van der Waals surface area (Å²) in [5, 5.41) is 0. The van der Waals surface area contributed by atoms with Gasteiger partial charge >= 0.3 is 0 Å². The van der Waals surface area contributed by atoms with Gasteiger partial charge in [0.1, 0.15) is 23.2 Å². The van der Waals surface area contributed by atoms with Gasteiger partial charge in [0.25, 0.3) is 5.91 Å². The first-order valence-corrected chi connectivity index (χ1v) is 10.4. The summed E-state index contributed by atoms with van der Waals surface area (Å²) < 4.78 is 14.0. The highest BCUT2D eigenvalue weighted by Crippen LogP contribution is 2.21. The summed E-state index contributed by atoms with van der Waals surface area (Å²) in [6, 6.07) is 8.58. The molecule has 0 radical (unpaired) electrons. The number of rotatable bonds is 7. The summed E-state index contributed by atoms with van der Waals surface area (Å²) in [6.45, 7) is 10.2. The summed E-state index contributed by atoms with van der Waals surface area (Å²) in [6.07, 6.45) is 2.04. The van der Waals surface area contributed by atoms with Crippen molar-refractivity contribution in [1.82, 2.24) is 14.9 Å². The Labute approximate surface area is 172 Å². The summed E-state index contributed by atoms with van der Waals surface area (Å²) >= 11 is 0. The van der Waals surface area contributed by atoms with Gasteiger partial charge in [-0.15, -0.1) is 0 Å². The molecule has 0 spiro atoms. The van der Waals surface area contributed by atoms with Crippen LogP contribution in [0.3, 0.4) is 0 Å². The number of piperazine rings is 1. The first-order valence-electron chi connectivity index (χ1n) is 10.4. The van der Waals surface area contributed by atoms with Gasteiger partial charge in [-0.2, -0.15) is 0 Å². The molecular formula is C22H30FN5O. The molecule has 1 amide bonds. The van der Waals surface area contributed by atoms with Crippen LogP contribution in [0.25, 0.3) is 0 Å². The van der Waals surface area contributed by atoms with Crippen LogP contribution in [-0.4, -0.2) is 60.0 Å². The van der Waals surface area contributed by atoms with E-state index in [1.807, 2.05) is 24.0 Å². The Morgan fingerprint density at radius 3 is 2.34 bits per heavy atom. The summed E-state index contributed by atoms with van der Waals surface area (Å²) in [7, 11) is 0. The molecule has 7 heteroatoms. The Balaban J connectivity index is 1.72. The van der Waals surface area contributed by atoms with Gasteiger partial charge in [-0.05, 0) is 31.9 Å². The van der Waals surface area contributed by atoms with Crippen molar-refractivity contribution in [1.29, 1.82) is 0 Å². The molecule has 29 heavy (non-hydrogen) atoms. The normalized spacial score (nSPS) is 14.2. The fourth-order valence-electron chi connectivity index (χ4n) is 3.72. The van der Waals surface area contributed by atoms with Crippen LogP contribution in [0.5, 0.6) is 0 Å². The number of carbonyl (C=O) groups excluding carboxylic acids is 1. The lowest BCUT2D eigenvalue weighted by Gasteiger charge is -2.36. The third-order valence-electron chi connectivity index (χ3n) is 5.11. The van der Waals surface area contributed by atoms with Gasteiger partial charge in [-0.3, -0.25) is 4.79 Å². The van der Waals surface area contributed by atoms with Crippen molar-refractivity contribution < 1.29 is 9.18 Å². The van der Waals surface area contributed by atoms with Crippen LogP contribution in [0, 0.1) is 12.7 Å². The second-order valence-electron chi connectivity index (χ2n) is 7.38. The molecule has 0 unspecified atom stereocenters. The largest absolute Gasteiger partial charge is 0.366 e. The highest BCUT2D eigenvalue weighted by atomic mass is 19.1. The number of nitrogens with zero attached hydrogens (tertiary/aromatic N) is 5. The second-order valence-corrected chi connectivity index (χ2v) is 7.38. The number of para-hydroxylation sites is 1. The number of amides is 1. The van der Waals surface area contributed by atoms with Crippen LogP contribution in [-0.2, 0) is 0 Å². The fourth-order valence-corrected chi connectivity index (χ4v) is 3.72. The molecule has 1 fully saturated rings. The van der Waals surface area contributed by atoms with Crippen molar-refractivity contribution >= 4 is 17.4 Å². The standard InChI is InChI=1S/C22H30FN5O/c1-4-10-27(11-5-2)21-16-19(24-17(3)25-21)22(29)28-14-12-26(13-15-28)20-9-7-6-8-18(20)23/h6-9,16H,4-5,10-15H2,1-3H3. The maximum atomic E-state index is 14.0. The van der Waals surface area contributed by atoms with Gasteiger partial charge in [-0.1, -0.05) is 26.0 Å². The maximum Gasteiger partial charge on any atom is 0.272 e. The Morgan fingerprint density at radius 2 is 1.72 bits per heavy atom. The van der Waals surface area contributed by atoms with E-state index in [-0.39, 0.29) is 11.7 Å². The Hall–Kier alpha value is -2.70. The van der Waals surface area contributed by atoms with Crippen molar-refractivity contribution in [3.63, 3.8) is 0 Å². The van der Waals surface area contributed by atoms with Crippen molar-refractivity contribution in [2.24, 2.45) is 0 Å². The smallest absolute Gasteiger partial charge is 0.272 e. The van der Waals surface area contributed by atoms with Gasteiger partial charge in [0.15, 0.2) is 0 Å². The molecule has 1 aromatic carbocycles. The molecule has 0 bridgehead atoms. The Morgan fingerprint density at radius 1 is 1.07 bits per heavy atom. The predicted octanol–water partition coefficient (Wildman–Crippen LogP) is 3.51.